The van der Waals surface area contributed by atoms with E-state index in [-0.39, 0.29) is 0 Å². The number of hydrogen-bond acceptors (Lipinski definition) is 1. The minimum atomic E-state index is 0.306. The highest BCUT2D eigenvalue weighted by Gasteiger charge is 2.04. The maximum absolute atomic E-state index is 8.89. The number of aryl methyl sites for hydroxylation is 1. The largest absolute Gasteiger partial charge is 0.396 e. The Balaban J connectivity index is 2.19. The minimum Gasteiger partial charge on any atom is -0.396 e. The molecule has 1 atom stereocenters. The summed E-state index contributed by atoms with van der Waals surface area (Å²) in [6.07, 6.45) is 12.9. The molecular formula is C20H34O. The SMILES string of the molecule is CCCCCCCCCc1ccc(C(C)CCCO)cc1. The molecule has 0 amide bonds. The van der Waals surface area contributed by atoms with Crippen molar-refractivity contribution in [1.82, 2.24) is 0 Å². The second-order valence-corrected chi connectivity index (χ2v) is 6.38. The normalized spacial score (nSPS) is 12.5. The molecule has 0 aliphatic rings. The molecule has 1 aromatic carbocycles. The van der Waals surface area contributed by atoms with E-state index < -0.39 is 0 Å². The second-order valence-electron chi connectivity index (χ2n) is 6.38. The Hall–Kier alpha value is -0.820. The maximum atomic E-state index is 8.89. The van der Waals surface area contributed by atoms with Gasteiger partial charge in [0.1, 0.15) is 0 Å². The monoisotopic (exact) mass is 290 g/mol. The van der Waals surface area contributed by atoms with E-state index in [1.165, 1.54) is 62.5 Å². The Morgan fingerprint density at radius 1 is 0.857 bits per heavy atom. The number of hydrogen-bond donors (Lipinski definition) is 1. The fraction of sp³-hybridized carbons (Fsp3) is 0.700. The standard InChI is InChI=1S/C20H34O/c1-3-4-5-6-7-8-9-12-19-13-15-20(16-14-19)18(2)11-10-17-21/h13-16,18,21H,3-12,17H2,1-2H3. The van der Waals surface area contributed by atoms with Crippen LogP contribution in [0.15, 0.2) is 24.3 Å². The van der Waals surface area contributed by atoms with Crippen LogP contribution < -0.4 is 0 Å². The van der Waals surface area contributed by atoms with E-state index in [0.717, 1.165) is 12.8 Å². The quantitative estimate of drug-likeness (QED) is 0.478. The van der Waals surface area contributed by atoms with E-state index in [9.17, 15) is 0 Å². The summed E-state index contributed by atoms with van der Waals surface area (Å²) >= 11 is 0. The van der Waals surface area contributed by atoms with E-state index in [1.807, 2.05) is 0 Å². The van der Waals surface area contributed by atoms with Gasteiger partial charge in [0.05, 0.1) is 0 Å². The molecule has 1 aromatic rings. The first kappa shape index (κ1) is 18.2. The van der Waals surface area contributed by atoms with Gasteiger partial charge in [-0.15, -0.1) is 0 Å². The Morgan fingerprint density at radius 2 is 1.48 bits per heavy atom. The van der Waals surface area contributed by atoms with Crippen LogP contribution in [0.1, 0.15) is 88.7 Å². The van der Waals surface area contributed by atoms with Crippen LogP contribution in [0.5, 0.6) is 0 Å². The lowest BCUT2D eigenvalue weighted by atomic mass is 9.94. The predicted octanol–water partition coefficient (Wildman–Crippen LogP) is 5.86. The van der Waals surface area contributed by atoms with E-state index in [4.69, 9.17) is 5.11 Å². The average molecular weight is 290 g/mol. The molecule has 1 nitrogen and oxygen atoms in total. The molecule has 0 saturated carbocycles. The van der Waals surface area contributed by atoms with E-state index in [1.54, 1.807) is 0 Å². The van der Waals surface area contributed by atoms with Crippen molar-refractivity contribution in [3.63, 3.8) is 0 Å². The molecule has 0 radical (unpaired) electrons. The summed E-state index contributed by atoms with van der Waals surface area (Å²) in [5.74, 6) is 0.560. The molecule has 0 heterocycles. The van der Waals surface area contributed by atoms with Gasteiger partial charge >= 0.3 is 0 Å². The first-order chi connectivity index (χ1) is 10.3. The van der Waals surface area contributed by atoms with Crippen molar-refractivity contribution in [3.8, 4) is 0 Å². The van der Waals surface area contributed by atoms with Crippen molar-refractivity contribution in [2.45, 2.75) is 84.0 Å². The smallest absolute Gasteiger partial charge is 0.0431 e. The molecule has 0 aliphatic carbocycles. The van der Waals surface area contributed by atoms with Crippen LogP contribution >= 0.6 is 0 Å². The van der Waals surface area contributed by atoms with Gasteiger partial charge in [-0.25, -0.2) is 0 Å². The van der Waals surface area contributed by atoms with Gasteiger partial charge in [-0.05, 0) is 42.7 Å². The van der Waals surface area contributed by atoms with Crippen LogP contribution in [0.25, 0.3) is 0 Å². The highest BCUT2D eigenvalue weighted by molar-refractivity contribution is 5.25. The molecule has 0 saturated heterocycles. The summed E-state index contributed by atoms with van der Waals surface area (Å²) in [5, 5.41) is 8.89. The van der Waals surface area contributed by atoms with Crippen LogP contribution in [-0.2, 0) is 6.42 Å². The third kappa shape index (κ3) is 8.26. The van der Waals surface area contributed by atoms with E-state index >= 15 is 0 Å². The molecule has 120 valence electrons. The fourth-order valence-corrected chi connectivity index (χ4v) is 2.86. The number of benzene rings is 1. The summed E-state index contributed by atoms with van der Waals surface area (Å²) in [5.41, 5.74) is 2.88. The van der Waals surface area contributed by atoms with Crippen molar-refractivity contribution in [2.75, 3.05) is 6.61 Å². The molecule has 1 heteroatoms. The molecule has 1 unspecified atom stereocenters. The first-order valence-electron chi connectivity index (χ1n) is 8.97. The average Bonchev–Trinajstić information content (AvgIpc) is 2.52. The Kier molecular flexibility index (Phi) is 10.2. The molecule has 1 rings (SSSR count). The summed E-state index contributed by atoms with van der Waals surface area (Å²) in [6.45, 7) is 4.83. The van der Waals surface area contributed by atoms with Crippen LogP contribution in [0, 0.1) is 0 Å². The van der Waals surface area contributed by atoms with E-state index in [2.05, 4.69) is 38.1 Å². The van der Waals surface area contributed by atoms with Crippen molar-refractivity contribution < 1.29 is 5.11 Å². The Morgan fingerprint density at radius 3 is 2.10 bits per heavy atom. The second kappa shape index (κ2) is 11.8. The van der Waals surface area contributed by atoms with Crippen molar-refractivity contribution in [3.05, 3.63) is 35.4 Å². The zero-order valence-corrected chi connectivity index (χ0v) is 14.1. The lowest BCUT2D eigenvalue weighted by Crippen LogP contribution is -1.96. The minimum absolute atomic E-state index is 0.306. The molecule has 1 N–H and O–H groups in total. The maximum Gasteiger partial charge on any atom is 0.0431 e. The van der Waals surface area contributed by atoms with Crippen LogP contribution in [0.4, 0.5) is 0 Å². The zero-order chi connectivity index (χ0) is 15.3. The van der Waals surface area contributed by atoms with Gasteiger partial charge in [-0.2, -0.15) is 0 Å². The van der Waals surface area contributed by atoms with Gasteiger partial charge in [-0.3, -0.25) is 0 Å². The molecule has 0 aliphatic heterocycles. The van der Waals surface area contributed by atoms with Gasteiger partial charge in [-0.1, -0.05) is 76.6 Å². The first-order valence-corrected chi connectivity index (χ1v) is 8.97. The predicted molar refractivity (Wildman–Crippen MR) is 92.9 cm³/mol. The van der Waals surface area contributed by atoms with Gasteiger partial charge in [0.15, 0.2) is 0 Å². The number of aliphatic hydroxyl groups is 1. The lowest BCUT2D eigenvalue weighted by molar-refractivity contribution is 0.281. The van der Waals surface area contributed by atoms with Crippen molar-refractivity contribution >= 4 is 0 Å². The third-order valence-corrected chi connectivity index (χ3v) is 4.41. The fourth-order valence-electron chi connectivity index (χ4n) is 2.86. The van der Waals surface area contributed by atoms with Gasteiger partial charge in [0.25, 0.3) is 0 Å². The van der Waals surface area contributed by atoms with Crippen molar-refractivity contribution in [2.24, 2.45) is 0 Å². The molecule has 0 spiro atoms. The number of aliphatic hydroxyl groups excluding tert-OH is 1. The number of unbranched alkanes of at least 4 members (excludes halogenated alkanes) is 6. The summed E-state index contributed by atoms with van der Waals surface area (Å²) in [6, 6.07) is 9.14. The van der Waals surface area contributed by atoms with Gasteiger partial charge < -0.3 is 5.11 Å². The molecule has 0 bridgehead atoms. The summed E-state index contributed by atoms with van der Waals surface area (Å²) in [7, 11) is 0. The topological polar surface area (TPSA) is 20.2 Å². The van der Waals surface area contributed by atoms with Crippen molar-refractivity contribution in [1.29, 1.82) is 0 Å². The lowest BCUT2D eigenvalue weighted by Gasteiger charge is -2.11. The van der Waals surface area contributed by atoms with Gasteiger partial charge in [0.2, 0.25) is 0 Å². The van der Waals surface area contributed by atoms with E-state index in [0.29, 0.717) is 12.5 Å². The third-order valence-electron chi connectivity index (χ3n) is 4.41. The molecule has 0 aromatic heterocycles. The number of rotatable bonds is 12. The van der Waals surface area contributed by atoms with Crippen LogP contribution in [-0.4, -0.2) is 11.7 Å². The van der Waals surface area contributed by atoms with Crippen LogP contribution in [0.3, 0.4) is 0 Å². The molecule has 21 heavy (non-hydrogen) atoms. The summed E-state index contributed by atoms with van der Waals surface area (Å²) in [4.78, 5) is 0. The highest BCUT2D eigenvalue weighted by Crippen LogP contribution is 2.21. The Bertz CT molecular complexity index is 341. The van der Waals surface area contributed by atoms with Crippen LogP contribution in [0.2, 0.25) is 0 Å². The highest BCUT2D eigenvalue weighted by atomic mass is 16.2. The molecule has 0 fully saturated rings. The van der Waals surface area contributed by atoms with Gasteiger partial charge in [0, 0.05) is 6.61 Å². The summed E-state index contributed by atoms with van der Waals surface area (Å²) < 4.78 is 0. The Labute approximate surface area is 131 Å². The zero-order valence-electron chi connectivity index (χ0n) is 14.1. The molecular weight excluding hydrogens is 256 g/mol.